The van der Waals surface area contributed by atoms with Gasteiger partial charge in [0.05, 0.1) is 5.69 Å². The van der Waals surface area contributed by atoms with E-state index >= 15 is 0 Å². The van der Waals surface area contributed by atoms with E-state index in [9.17, 15) is 4.79 Å². The summed E-state index contributed by atoms with van der Waals surface area (Å²) < 4.78 is 1.74. The van der Waals surface area contributed by atoms with Crippen LogP contribution in [0.2, 0.25) is 0 Å². The molecule has 1 aromatic rings. The second-order valence-electron chi connectivity index (χ2n) is 2.80. The van der Waals surface area contributed by atoms with Gasteiger partial charge >= 0.3 is 0 Å². The Labute approximate surface area is 66.0 Å². The van der Waals surface area contributed by atoms with E-state index in [1.165, 1.54) is 0 Å². The van der Waals surface area contributed by atoms with Crippen LogP contribution >= 0.6 is 0 Å². The molecule has 1 atom stereocenters. The van der Waals surface area contributed by atoms with Crippen molar-refractivity contribution >= 4 is 6.29 Å². The van der Waals surface area contributed by atoms with Crippen LogP contribution in [0.15, 0.2) is 12.3 Å². The second kappa shape index (κ2) is 3.32. The zero-order chi connectivity index (χ0) is 8.27. The number of aryl methyl sites for hydroxylation is 1. The molecule has 1 rings (SSSR count). The highest BCUT2D eigenvalue weighted by Crippen LogP contribution is 2.02. The van der Waals surface area contributed by atoms with E-state index in [1.807, 2.05) is 26.2 Å². The van der Waals surface area contributed by atoms with Crippen molar-refractivity contribution in [2.24, 2.45) is 13.0 Å². The minimum atomic E-state index is 0.0740. The lowest BCUT2D eigenvalue weighted by Gasteiger charge is -1.97. The molecule has 3 heteroatoms. The van der Waals surface area contributed by atoms with Crippen LogP contribution in [0.4, 0.5) is 0 Å². The third kappa shape index (κ3) is 2.18. The van der Waals surface area contributed by atoms with E-state index in [0.29, 0.717) is 0 Å². The van der Waals surface area contributed by atoms with Gasteiger partial charge in [0.1, 0.15) is 6.29 Å². The molecular weight excluding hydrogens is 140 g/mol. The van der Waals surface area contributed by atoms with Crippen molar-refractivity contribution in [1.82, 2.24) is 9.78 Å². The maximum Gasteiger partial charge on any atom is 0.123 e. The maximum absolute atomic E-state index is 10.3. The summed E-state index contributed by atoms with van der Waals surface area (Å²) >= 11 is 0. The lowest BCUT2D eigenvalue weighted by Crippen LogP contribution is -2.01. The largest absolute Gasteiger partial charge is 0.303 e. The summed E-state index contributed by atoms with van der Waals surface area (Å²) in [6, 6.07) is 1.93. The topological polar surface area (TPSA) is 34.9 Å². The van der Waals surface area contributed by atoms with Crippen LogP contribution in [0.5, 0.6) is 0 Å². The lowest BCUT2D eigenvalue weighted by molar-refractivity contribution is -0.110. The van der Waals surface area contributed by atoms with Crippen LogP contribution in [0, 0.1) is 5.92 Å². The van der Waals surface area contributed by atoms with Crippen LogP contribution in [-0.4, -0.2) is 16.1 Å². The molecule has 1 aromatic heterocycles. The Morgan fingerprint density at radius 1 is 1.82 bits per heavy atom. The highest BCUT2D eigenvalue weighted by molar-refractivity contribution is 5.53. The van der Waals surface area contributed by atoms with Crippen molar-refractivity contribution < 1.29 is 4.79 Å². The highest BCUT2D eigenvalue weighted by atomic mass is 16.1. The Hall–Kier alpha value is -1.12. The van der Waals surface area contributed by atoms with E-state index in [2.05, 4.69) is 5.10 Å². The molecule has 0 radical (unpaired) electrons. The molecule has 0 N–H and O–H groups in total. The van der Waals surface area contributed by atoms with E-state index in [-0.39, 0.29) is 5.92 Å². The summed E-state index contributed by atoms with van der Waals surface area (Å²) in [6.07, 6.45) is 3.58. The standard InChI is InChI=1S/C8H12N2O/c1-7(6-11)5-8-3-4-10(2)9-8/h3-4,6-7H,5H2,1-2H3. The molecular formula is C8H12N2O. The van der Waals surface area contributed by atoms with Crippen LogP contribution in [-0.2, 0) is 18.3 Å². The number of nitrogens with zero attached hydrogens (tertiary/aromatic N) is 2. The molecule has 11 heavy (non-hydrogen) atoms. The predicted molar refractivity (Wildman–Crippen MR) is 42.1 cm³/mol. The Balaban J connectivity index is 2.57. The van der Waals surface area contributed by atoms with Gasteiger partial charge in [-0.3, -0.25) is 4.68 Å². The van der Waals surface area contributed by atoms with E-state index in [1.54, 1.807) is 4.68 Å². The van der Waals surface area contributed by atoms with Gasteiger partial charge in [0, 0.05) is 25.6 Å². The number of hydrogen-bond acceptors (Lipinski definition) is 2. The predicted octanol–water partition coefficient (Wildman–Crippen LogP) is 0.798. The van der Waals surface area contributed by atoms with Crippen molar-refractivity contribution in [3.63, 3.8) is 0 Å². The van der Waals surface area contributed by atoms with Gasteiger partial charge in [0.2, 0.25) is 0 Å². The molecule has 0 spiro atoms. The van der Waals surface area contributed by atoms with E-state index < -0.39 is 0 Å². The normalized spacial score (nSPS) is 12.9. The smallest absolute Gasteiger partial charge is 0.123 e. The number of aromatic nitrogens is 2. The Bertz CT molecular complexity index is 242. The van der Waals surface area contributed by atoms with Crippen LogP contribution in [0.3, 0.4) is 0 Å². The van der Waals surface area contributed by atoms with Gasteiger partial charge in [-0.2, -0.15) is 5.10 Å². The van der Waals surface area contributed by atoms with Gasteiger partial charge in [-0.25, -0.2) is 0 Å². The molecule has 0 fully saturated rings. The average Bonchev–Trinajstić information content (AvgIpc) is 2.35. The minimum absolute atomic E-state index is 0.0740. The molecule has 0 amide bonds. The summed E-state index contributed by atoms with van der Waals surface area (Å²) in [5.74, 6) is 0.0740. The van der Waals surface area contributed by atoms with Crippen molar-refractivity contribution in [1.29, 1.82) is 0 Å². The molecule has 1 unspecified atom stereocenters. The summed E-state index contributed by atoms with van der Waals surface area (Å²) in [7, 11) is 1.87. The molecule has 0 bridgehead atoms. The highest BCUT2D eigenvalue weighted by Gasteiger charge is 2.03. The number of aldehydes is 1. The zero-order valence-corrected chi connectivity index (χ0v) is 6.82. The zero-order valence-electron chi connectivity index (χ0n) is 6.82. The van der Waals surface area contributed by atoms with Crippen LogP contribution in [0.1, 0.15) is 12.6 Å². The SMILES string of the molecule is CC(C=O)Cc1ccn(C)n1. The summed E-state index contributed by atoms with van der Waals surface area (Å²) in [5, 5.41) is 4.16. The first-order chi connectivity index (χ1) is 5.22. The fourth-order valence-corrected chi connectivity index (χ4v) is 0.950. The second-order valence-corrected chi connectivity index (χ2v) is 2.80. The van der Waals surface area contributed by atoms with Crippen molar-refractivity contribution in [3.05, 3.63) is 18.0 Å². The molecule has 0 aliphatic heterocycles. The quantitative estimate of drug-likeness (QED) is 0.600. The van der Waals surface area contributed by atoms with Crippen molar-refractivity contribution in [2.75, 3.05) is 0 Å². The van der Waals surface area contributed by atoms with Gasteiger partial charge in [0.25, 0.3) is 0 Å². The third-order valence-electron chi connectivity index (χ3n) is 1.53. The van der Waals surface area contributed by atoms with Crippen molar-refractivity contribution in [3.8, 4) is 0 Å². The number of carbonyl (C=O) groups excluding carboxylic acids is 1. The van der Waals surface area contributed by atoms with E-state index in [4.69, 9.17) is 0 Å². The molecule has 3 nitrogen and oxygen atoms in total. The first-order valence-corrected chi connectivity index (χ1v) is 3.66. The molecule has 0 aromatic carbocycles. The molecule has 0 saturated carbocycles. The molecule has 0 aliphatic rings. The lowest BCUT2D eigenvalue weighted by atomic mass is 10.1. The Kier molecular flexibility index (Phi) is 2.41. The maximum atomic E-state index is 10.3. The third-order valence-corrected chi connectivity index (χ3v) is 1.53. The van der Waals surface area contributed by atoms with Gasteiger partial charge in [-0.1, -0.05) is 6.92 Å². The summed E-state index contributed by atoms with van der Waals surface area (Å²) in [6.45, 7) is 1.89. The van der Waals surface area contributed by atoms with Gasteiger partial charge < -0.3 is 4.79 Å². The molecule has 60 valence electrons. The van der Waals surface area contributed by atoms with Gasteiger partial charge in [-0.15, -0.1) is 0 Å². The first kappa shape index (κ1) is 7.98. The molecule has 0 aliphatic carbocycles. The monoisotopic (exact) mass is 152 g/mol. The van der Waals surface area contributed by atoms with E-state index in [0.717, 1.165) is 18.4 Å². The Morgan fingerprint density at radius 2 is 2.55 bits per heavy atom. The number of hydrogen-bond donors (Lipinski definition) is 0. The first-order valence-electron chi connectivity index (χ1n) is 3.66. The van der Waals surface area contributed by atoms with Crippen LogP contribution < -0.4 is 0 Å². The molecule has 1 heterocycles. The fourth-order valence-electron chi connectivity index (χ4n) is 0.950. The molecule has 0 saturated heterocycles. The van der Waals surface area contributed by atoms with Gasteiger partial charge in [-0.05, 0) is 6.07 Å². The number of rotatable bonds is 3. The average molecular weight is 152 g/mol. The van der Waals surface area contributed by atoms with Gasteiger partial charge in [0.15, 0.2) is 0 Å². The Morgan fingerprint density at radius 3 is 3.00 bits per heavy atom. The van der Waals surface area contributed by atoms with Crippen LogP contribution in [0.25, 0.3) is 0 Å². The number of carbonyl (C=O) groups is 1. The minimum Gasteiger partial charge on any atom is -0.303 e. The summed E-state index contributed by atoms with van der Waals surface area (Å²) in [4.78, 5) is 10.3. The summed E-state index contributed by atoms with van der Waals surface area (Å²) in [5.41, 5.74) is 0.979. The fraction of sp³-hybridized carbons (Fsp3) is 0.500. The van der Waals surface area contributed by atoms with Crippen molar-refractivity contribution in [2.45, 2.75) is 13.3 Å².